The molecule has 0 amide bonds. The molecule has 3 unspecified atom stereocenters. The first kappa shape index (κ1) is 16.5. The Labute approximate surface area is 130 Å². The summed E-state index contributed by atoms with van der Waals surface area (Å²) < 4.78 is 0. The van der Waals surface area contributed by atoms with Crippen LogP contribution in [0.15, 0.2) is 24.3 Å². The summed E-state index contributed by atoms with van der Waals surface area (Å²) in [6, 6.07) is 10.7. The molecule has 21 heavy (non-hydrogen) atoms. The summed E-state index contributed by atoms with van der Waals surface area (Å²) in [5.41, 5.74) is 2.73. The van der Waals surface area contributed by atoms with Gasteiger partial charge in [-0.3, -0.25) is 9.80 Å². The molecule has 3 nitrogen and oxygen atoms in total. The quantitative estimate of drug-likeness (QED) is 0.899. The molecule has 1 fully saturated rings. The van der Waals surface area contributed by atoms with Crippen LogP contribution in [-0.2, 0) is 0 Å². The fraction of sp³-hybridized carbons (Fsp3) is 0.667. The summed E-state index contributed by atoms with van der Waals surface area (Å²) >= 11 is 0. The summed E-state index contributed by atoms with van der Waals surface area (Å²) in [7, 11) is 2.24. The molecule has 0 saturated carbocycles. The van der Waals surface area contributed by atoms with E-state index in [1.54, 1.807) is 0 Å². The molecule has 3 atom stereocenters. The number of likely N-dealkylation sites (N-methyl/N-ethyl adjacent to an activating group) is 2. The monoisotopic (exact) mass is 289 g/mol. The molecule has 1 aromatic carbocycles. The second-order valence-corrected chi connectivity index (χ2v) is 6.60. The van der Waals surface area contributed by atoms with Gasteiger partial charge in [0.25, 0.3) is 0 Å². The van der Waals surface area contributed by atoms with Crippen molar-refractivity contribution < 1.29 is 0 Å². The Morgan fingerprint density at radius 1 is 1.14 bits per heavy atom. The highest BCUT2D eigenvalue weighted by Gasteiger charge is 2.27. The van der Waals surface area contributed by atoms with Gasteiger partial charge in [-0.25, -0.2) is 0 Å². The van der Waals surface area contributed by atoms with Gasteiger partial charge in [-0.2, -0.15) is 0 Å². The Hall–Kier alpha value is -0.900. The zero-order valence-corrected chi connectivity index (χ0v) is 14.3. The molecule has 3 heteroatoms. The van der Waals surface area contributed by atoms with Crippen LogP contribution in [0.3, 0.4) is 0 Å². The number of hydrogen-bond donors (Lipinski definition) is 1. The number of aryl methyl sites for hydroxylation is 1. The van der Waals surface area contributed by atoms with Gasteiger partial charge in [0.05, 0.1) is 0 Å². The van der Waals surface area contributed by atoms with Crippen LogP contribution in [0, 0.1) is 6.92 Å². The van der Waals surface area contributed by atoms with E-state index in [9.17, 15) is 0 Å². The minimum Gasteiger partial charge on any atom is -0.309 e. The second-order valence-electron chi connectivity index (χ2n) is 6.60. The van der Waals surface area contributed by atoms with Crippen LogP contribution < -0.4 is 5.32 Å². The van der Waals surface area contributed by atoms with E-state index >= 15 is 0 Å². The van der Waals surface area contributed by atoms with E-state index in [-0.39, 0.29) is 0 Å². The Balaban J connectivity index is 2.04. The topological polar surface area (TPSA) is 18.5 Å². The molecule has 2 rings (SSSR count). The fourth-order valence-corrected chi connectivity index (χ4v) is 3.25. The number of rotatable bonds is 5. The summed E-state index contributed by atoms with van der Waals surface area (Å²) in [6.07, 6.45) is 0. The third kappa shape index (κ3) is 4.29. The summed E-state index contributed by atoms with van der Waals surface area (Å²) in [4.78, 5) is 5.10. The molecule has 0 aromatic heterocycles. The van der Waals surface area contributed by atoms with Crippen molar-refractivity contribution in [3.05, 3.63) is 35.4 Å². The van der Waals surface area contributed by atoms with Crippen molar-refractivity contribution in [2.24, 2.45) is 0 Å². The van der Waals surface area contributed by atoms with Crippen LogP contribution in [0.4, 0.5) is 0 Å². The van der Waals surface area contributed by atoms with Crippen molar-refractivity contribution >= 4 is 0 Å². The zero-order valence-electron chi connectivity index (χ0n) is 14.3. The predicted molar refractivity (Wildman–Crippen MR) is 90.7 cm³/mol. The SMILES string of the molecule is CCNC(CN1CC(C)N(C)C(C)C1)c1ccc(C)cc1. The summed E-state index contributed by atoms with van der Waals surface area (Å²) in [5, 5.41) is 3.65. The molecule has 118 valence electrons. The summed E-state index contributed by atoms with van der Waals surface area (Å²) in [5.74, 6) is 0. The highest BCUT2D eigenvalue weighted by Crippen LogP contribution is 2.19. The molecular formula is C18H31N3. The van der Waals surface area contributed by atoms with Gasteiger partial charge in [-0.05, 0) is 39.9 Å². The van der Waals surface area contributed by atoms with E-state index < -0.39 is 0 Å². The predicted octanol–water partition coefficient (Wildman–Crippen LogP) is 2.67. The van der Waals surface area contributed by atoms with Crippen LogP contribution in [0.1, 0.15) is 37.9 Å². The van der Waals surface area contributed by atoms with Gasteiger partial charge in [0.15, 0.2) is 0 Å². The number of piperazine rings is 1. The summed E-state index contributed by atoms with van der Waals surface area (Å²) in [6.45, 7) is 13.4. The first-order chi connectivity index (χ1) is 10.0. The molecule has 0 radical (unpaired) electrons. The highest BCUT2D eigenvalue weighted by molar-refractivity contribution is 5.24. The lowest BCUT2D eigenvalue weighted by Gasteiger charge is -2.43. The number of nitrogens with one attached hydrogen (secondary N) is 1. The zero-order chi connectivity index (χ0) is 15.4. The van der Waals surface area contributed by atoms with E-state index in [2.05, 4.69) is 74.1 Å². The Morgan fingerprint density at radius 2 is 1.71 bits per heavy atom. The Morgan fingerprint density at radius 3 is 2.24 bits per heavy atom. The molecule has 1 saturated heterocycles. The largest absolute Gasteiger partial charge is 0.309 e. The smallest absolute Gasteiger partial charge is 0.0449 e. The maximum atomic E-state index is 3.65. The third-order valence-electron chi connectivity index (χ3n) is 4.81. The van der Waals surface area contributed by atoms with E-state index in [1.165, 1.54) is 11.1 Å². The molecule has 1 heterocycles. The van der Waals surface area contributed by atoms with Gasteiger partial charge >= 0.3 is 0 Å². The van der Waals surface area contributed by atoms with Crippen molar-refractivity contribution in [1.82, 2.24) is 15.1 Å². The van der Waals surface area contributed by atoms with Crippen LogP contribution in [0.25, 0.3) is 0 Å². The third-order valence-corrected chi connectivity index (χ3v) is 4.81. The number of nitrogens with zero attached hydrogens (tertiary/aromatic N) is 2. The maximum Gasteiger partial charge on any atom is 0.0449 e. The highest BCUT2D eigenvalue weighted by atomic mass is 15.3. The fourth-order valence-electron chi connectivity index (χ4n) is 3.25. The molecule has 0 spiro atoms. The van der Waals surface area contributed by atoms with E-state index in [4.69, 9.17) is 0 Å². The van der Waals surface area contributed by atoms with Crippen molar-refractivity contribution in [2.45, 2.75) is 45.8 Å². The van der Waals surface area contributed by atoms with Gasteiger partial charge in [0, 0.05) is 37.8 Å². The Kier molecular flexibility index (Phi) is 5.80. The molecular weight excluding hydrogens is 258 g/mol. The van der Waals surface area contributed by atoms with E-state index in [0.29, 0.717) is 18.1 Å². The molecule has 1 N–H and O–H groups in total. The van der Waals surface area contributed by atoms with Gasteiger partial charge < -0.3 is 5.32 Å². The first-order valence-corrected chi connectivity index (χ1v) is 8.25. The van der Waals surface area contributed by atoms with Crippen LogP contribution in [0.2, 0.25) is 0 Å². The average molecular weight is 289 g/mol. The number of benzene rings is 1. The molecule has 0 bridgehead atoms. The molecule has 1 aliphatic rings. The number of hydrogen-bond acceptors (Lipinski definition) is 3. The lowest BCUT2D eigenvalue weighted by molar-refractivity contribution is 0.0543. The molecule has 1 aliphatic heterocycles. The van der Waals surface area contributed by atoms with Crippen LogP contribution in [-0.4, -0.2) is 55.1 Å². The van der Waals surface area contributed by atoms with E-state index in [1.807, 2.05) is 0 Å². The van der Waals surface area contributed by atoms with Gasteiger partial charge in [-0.1, -0.05) is 36.8 Å². The standard InChI is InChI=1S/C18H31N3/c1-6-19-18(17-9-7-14(2)8-10-17)13-21-11-15(3)20(5)16(4)12-21/h7-10,15-16,18-19H,6,11-13H2,1-5H3. The van der Waals surface area contributed by atoms with Gasteiger partial charge in [0.2, 0.25) is 0 Å². The second kappa shape index (κ2) is 7.39. The van der Waals surface area contributed by atoms with Gasteiger partial charge in [-0.15, -0.1) is 0 Å². The lowest BCUT2D eigenvalue weighted by atomic mass is 10.0. The Bertz CT molecular complexity index is 417. The van der Waals surface area contributed by atoms with Crippen molar-refractivity contribution in [1.29, 1.82) is 0 Å². The van der Waals surface area contributed by atoms with E-state index in [0.717, 1.165) is 26.2 Å². The first-order valence-electron chi connectivity index (χ1n) is 8.25. The van der Waals surface area contributed by atoms with Crippen molar-refractivity contribution in [2.75, 3.05) is 33.2 Å². The van der Waals surface area contributed by atoms with Crippen molar-refractivity contribution in [3.8, 4) is 0 Å². The van der Waals surface area contributed by atoms with Gasteiger partial charge in [0.1, 0.15) is 0 Å². The lowest BCUT2D eigenvalue weighted by Crippen LogP contribution is -2.56. The van der Waals surface area contributed by atoms with Crippen LogP contribution >= 0.6 is 0 Å². The molecule has 1 aromatic rings. The molecule has 0 aliphatic carbocycles. The maximum absolute atomic E-state index is 3.65. The van der Waals surface area contributed by atoms with Crippen molar-refractivity contribution in [3.63, 3.8) is 0 Å². The minimum absolute atomic E-state index is 0.429. The minimum atomic E-state index is 0.429. The normalized spacial score (nSPS) is 26.0. The van der Waals surface area contributed by atoms with Crippen LogP contribution in [0.5, 0.6) is 0 Å². The average Bonchev–Trinajstić information content (AvgIpc) is 2.45.